The summed E-state index contributed by atoms with van der Waals surface area (Å²) in [6, 6.07) is 4.81. The standard InChI is InChI=1S/C14H22N4/c1-3-15-14(18-13-6-7-13)16-9-8-12-5-4-11(2)17-10-12/h4-5,10,13H,3,6-9H2,1-2H3,(H2,15,16,18). The van der Waals surface area contributed by atoms with Gasteiger partial charge in [-0.2, -0.15) is 0 Å². The fourth-order valence-corrected chi connectivity index (χ4v) is 1.68. The van der Waals surface area contributed by atoms with Crippen molar-refractivity contribution >= 4 is 5.96 Å². The molecule has 0 radical (unpaired) electrons. The zero-order valence-electron chi connectivity index (χ0n) is 11.2. The predicted molar refractivity (Wildman–Crippen MR) is 74.8 cm³/mol. The Kier molecular flexibility index (Phi) is 4.56. The first kappa shape index (κ1) is 12.9. The Hall–Kier alpha value is -1.58. The van der Waals surface area contributed by atoms with E-state index in [2.05, 4.69) is 33.6 Å². The fraction of sp³-hybridized carbons (Fsp3) is 0.571. The van der Waals surface area contributed by atoms with E-state index in [1.165, 1.54) is 18.4 Å². The van der Waals surface area contributed by atoms with E-state index in [4.69, 9.17) is 0 Å². The maximum absolute atomic E-state index is 4.58. The highest BCUT2D eigenvalue weighted by Crippen LogP contribution is 2.18. The first-order valence-electron chi connectivity index (χ1n) is 6.74. The Morgan fingerprint density at radius 2 is 2.28 bits per heavy atom. The van der Waals surface area contributed by atoms with Gasteiger partial charge >= 0.3 is 0 Å². The first-order valence-corrected chi connectivity index (χ1v) is 6.74. The summed E-state index contributed by atoms with van der Waals surface area (Å²) in [6.45, 7) is 5.80. The van der Waals surface area contributed by atoms with Gasteiger partial charge in [-0.25, -0.2) is 0 Å². The molecule has 0 unspecified atom stereocenters. The lowest BCUT2D eigenvalue weighted by Gasteiger charge is -2.10. The highest BCUT2D eigenvalue weighted by Gasteiger charge is 2.21. The second-order valence-corrected chi connectivity index (χ2v) is 4.74. The lowest BCUT2D eigenvalue weighted by molar-refractivity contribution is 0.807. The number of aliphatic imine (C=N–C) groups is 1. The van der Waals surface area contributed by atoms with Gasteiger partial charge in [0.15, 0.2) is 5.96 Å². The third-order valence-corrected chi connectivity index (χ3v) is 2.91. The Bertz CT molecular complexity index is 393. The number of hydrogen-bond acceptors (Lipinski definition) is 2. The third kappa shape index (κ3) is 4.35. The van der Waals surface area contributed by atoms with Crippen LogP contribution in [0.25, 0.3) is 0 Å². The molecule has 1 aliphatic carbocycles. The minimum atomic E-state index is 0.642. The second-order valence-electron chi connectivity index (χ2n) is 4.74. The highest BCUT2D eigenvalue weighted by molar-refractivity contribution is 5.80. The molecule has 0 atom stereocenters. The average molecular weight is 246 g/mol. The number of rotatable bonds is 5. The van der Waals surface area contributed by atoms with E-state index in [-0.39, 0.29) is 0 Å². The van der Waals surface area contributed by atoms with E-state index < -0.39 is 0 Å². The molecule has 1 aromatic rings. The number of guanidine groups is 1. The lowest BCUT2D eigenvalue weighted by atomic mass is 10.2. The molecule has 4 nitrogen and oxygen atoms in total. The van der Waals surface area contributed by atoms with Gasteiger partial charge in [0.2, 0.25) is 0 Å². The molecule has 2 N–H and O–H groups in total. The Labute approximate surface area is 109 Å². The molecule has 1 aliphatic rings. The summed E-state index contributed by atoms with van der Waals surface area (Å²) in [6.07, 6.45) is 5.42. The van der Waals surface area contributed by atoms with E-state index in [0.717, 1.165) is 31.2 Å². The van der Waals surface area contributed by atoms with Gasteiger partial charge in [-0.15, -0.1) is 0 Å². The summed E-state index contributed by atoms with van der Waals surface area (Å²) in [5.74, 6) is 0.945. The number of pyridine rings is 1. The monoisotopic (exact) mass is 246 g/mol. The molecule has 0 aromatic carbocycles. The molecule has 1 saturated carbocycles. The van der Waals surface area contributed by atoms with Crippen LogP contribution in [-0.2, 0) is 6.42 Å². The quantitative estimate of drug-likeness (QED) is 0.613. The van der Waals surface area contributed by atoms with Crippen LogP contribution in [0.2, 0.25) is 0 Å². The van der Waals surface area contributed by atoms with Crippen molar-refractivity contribution in [1.82, 2.24) is 15.6 Å². The van der Waals surface area contributed by atoms with Crippen molar-refractivity contribution < 1.29 is 0 Å². The summed E-state index contributed by atoms with van der Waals surface area (Å²) < 4.78 is 0. The smallest absolute Gasteiger partial charge is 0.191 e. The van der Waals surface area contributed by atoms with Gasteiger partial charge in [0.25, 0.3) is 0 Å². The molecule has 4 heteroatoms. The molecular weight excluding hydrogens is 224 g/mol. The molecule has 18 heavy (non-hydrogen) atoms. The molecule has 1 aromatic heterocycles. The minimum Gasteiger partial charge on any atom is -0.357 e. The van der Waals surface area contributed by atoms with Crippen molar-refractivity contribution in [2.24, 2.45) is 4.99 Å². The number of aryl methyl sites for hydroxylation is 1. The van der Waals surface area contributed by atoms with Gasteiger partial charge < -0.3 is 10.6 Å². The highest BCUT2D eigenvalue weighted by atomic mass is 15.2. The van der Waals surface area contributed by atoms with Crippen LogP contribution in [0.4, 0.5) is 0 Å². The maximum Gasteiger partial charge on any atom is 0.191 e. The average Bonchev–Trinajstić information content (AvgIpc) is 3.16. The van der Waals surface area contributed by atoms with Crippen LogP contribution in [0.1, 0.15) is 31.0 Å². The predicted octanol–water partition coefficient (Wildman–Crippen LogP) is 1.65. The molecule has 0 amide bonds. The molecule has 98 valence electrons. The Morgan fingerprint density at radius 1 is 1.44 bits per heavy atom. The van der Waals surface area contributed by atoms with Crippen LogP contribution >= 0.6 is 0 Å². The van der Waals surface area contributed by atoms with Gasteiger partial charge in [0.05, 0.1) is 0 Å². The van der Waals surface area contributed by atoms with Crippen LogP contribution in [0.5, 0.6) is 0 Å². The number of aromatic nitrogens is 1. The first-order chi connectivity index (χ1) is 8.78. The molecule has 1 heterocycles. The number of hydrogen-bond donors (Lipinski definition) is 2. The third-order valence-electron chi connectivity index (χ3n) is 2.91. The summed E-state index contributed by atoms with van der Waals surface area (Å²) in [4.78, 5) is 8.87. The van der Waals surface area contributed by atoms with Gasteiger partial charge in [0.1, 0.15) is 0 Å². The van der Waals surface area contributed by atoms with E-state index in [0.29, 0.717) is 6.04 Å². The zero-order chi connectivity index (χ0) is 12.8. The van der Waals surface area contributed by atoms with Crippen LogP contribution in [-0.4, -0.2) is 30.1 Å². The van der Waals surface area contributed by atoms with Gasteiger partial charge in [-0.05, 0) is 44.7 Å². The summed E-state index contributed by atoms with van der Waals surface area (Å²) in [7, 11) is 0. The molecule has 2 rings (SSSR count). The van der Waals surface area contributed by atoms with Crippen molar-refractivity contribution in [3.63, 3.8) is 0 Å². The van der Waals surface area contributed by atoms with Gasteiger partial charge in [0, 0.05) is 31.0 Å². The van der Waals surface area contributed by atoms with Crippen LogP contribution in [0, 0.1) is 6.92 Å². The van der Waals surface area contributed by atoms with Gasteiger partial charge in [-0.3, -0.25) is 9.98 Å². The normalized spacial score (nSPS) is 15.6. The Balaban J connectivity index is 1.81. The van der Waals surface area contributed by atoms with E-state index in [1.807, 2.05) is 19.2 Å². The van der Waals surface area contributed by atoms with Gasteiger partial charge in [-0.1, -0.05) is 6.07 Å². The van der Waals surface area contributed by atoms with Crippen molar-refractivity contribution in [3.05, 3.63) is 29.6 Å². The zero-order valence-corrected chi connectivity index (χ0v) is 11.2. The molecule has 0 spiro atoms. The van der Waals surface area contributed by atoms with E-state index >= 15 is 0 Å². The maximum atomic E-state index is 4.58. The van der Waals surface area contributed by atoms with Crippen molar-refractivity contribution in [1.29, 1.82) is 0 Å². The lowest BCUT2D eigenvalue weighted by Crippen LogP contribution is -2.38. The number of nitrogens with zero attached hydrogens (tertiary/aromatic N) is 2. The second kappa shape index (κ2) is 6.38. The summed E-state index contributed by atoms with van der Waals surface area (Å²) in [5.41, 5.74) is 2.30. The summed E-state index contributed by atoms with van der Waals surface area (Å²) >= 11 is 0. The fourth-order valence-electron chi connectivity index (χ4n) is 1.68. The number of nitrogens with one attached hydrogen (secondary N) is 2. The minimum absolute atomic E-state index is 0.642. The Morgan fingerprint density at radius 3 is 2.89 bits per heavy atom. The molecule has 0 saturated heterocycles. The van der Waals surface area contributed by atoms with Crippen LogP contribution in [0.15, 0.2) is 23.3 Å². The topological polar surface area (TPSA) is 49.3 Å². The van der Waals surface area contributed by atoms with Crippen LogP contribution < -0.4 is 10.6 Å². The molecular formula is C14H22N4. The van der Waals surface area contributed by atoms with Crippen molar-refractivity contribution in [2.75, 3.05) is 13.1 Å². The van der Waals surface area contributed by atoms with E-state index in [1.54, 1.807) is 0 Å². The molecule has 0 aliphatic heterocycles. The SMILES string of the molecule is CCNC(=NCCc1ccc(C)nc1)NC1CC1. The molecule has 0 bridgehead atoms. The largest absolute Gasteiger partial charge is 0.357 e. The van der Waals surface area contributed by atoms with Crippen molar-refractivity contribution in [3.8, 4) is 0 Å². The van der Waals surface area contributed by atoms with Crippen LogP contribution in [0.3, 0.4) is 0 Å². The summed E-state index contributed by atoms with van der Waals surface area (Å²) in [5, 5.41) is 6.68. The van der Waals surface area contributed by atoms with Crippen molar-refractivity contribution in [2.45, 2.75) is 39.2 Å². The van der Waals surface area contributed by atoms with E-state index in [9.17, 15) is 0 Å². The molecule has 1 fully saturated rings.